The Labute approximate surface area is 376 Å². The fourth-order valence-corrected chi connectivity index (χ4v) is 10.6. The van der Waals surface area contributed by atoms with Crippen LogP contribution in [0.25, 0.3) is 127 Å². The van der Waals surface area contributed by atoms with Crippen molar-refractivity contribution in [3.05, 3.63) is 205 Å². The number of pyridine rings is 2. The summed E-state index contributed by atoms with van der Waals surface area (Å²) in [6, 6.07) is 61.3. The number of fused-ring (bicyclic) bond motifs is 15. The Balaban J connectivity index is 0.994. The van der Waals surface area contributed by atoms with E-state index in [0.29, 0.717) is 0 Å². The fraction of sp³-hybridized carbons (Fsp3) is 0.0333. The summed E-state index contributed by atoms with van der Waals surface area (Å²) in [5.41, 5.74) is 15.9. The Morgan fingerprint density at radius 3 is 1.45 bits per heavy atom. The average Bonchev–Trinajstić information content (AvgIpc) is 4.15. The smallest absolute Gasteiger partial charge is 0.135 e. The van der Waals surface area contributed by atoms with Gasteiger partial charge in [0, 0.05) is 71.3 Å². The molecule has 8 aromatic carbocycles. The lowest BCUT2D eigenvalue weighted by Gasteiger charge is -2.21. The van der Waals surface area contributed by atoms with Crippen LogP contribution in [0.4, 0.5) is 0 Å². The van der Waals surface area contributed by atoms with Crippen LogP contribution in [0, 0.1) is 0 Å². The van der Waals surface area contributed by atoms with Gasteiger partial charge in [-0.05, 0) is 102 Å². The molecule has 6 heteroatoms. The zero-order valence-corrected chi connectivity index (χ0v) is 35.2. The third-order valence-corrected chi connectivity index (χ3v) is 13.8. The number of hydrogen-bond acceptors (Lipinski definition) is 6. The molecular weight excluding hydrogens is 813 g/mol. The number of furan rings is 3. The summed E-state index contributed by atoms with van der Waals surface area (Å²) in [6.45, 7) is 0. The van der Waals surface area contributed by atoms with Gasteiger partial charge < -0.3 is 18.0 Å². The van der Waals surface area contributed by atoms with Gasteiger partial charge in [0.15, 0.2) is 0 Å². The second kappa shape index (κ2) is 13.4. The molecule has 0 N–H and O–H groups in total. The fourth-order valence-electron chi connectivity index (χ4n) is 10.6. The predicted octanol–water partition coefficient (Wildman–Crippen LogP) is 16.0. The van der Waals surface area contributed by atoms with Crippen LogP contribution < -0.4 is 4.74 Å². The van der Waals surface area contributed by atoms with Gasteiger partial charge in [-0.2, -0.15) is 0 Å². The molecule has 15 rings (SSSR count). The number of rotatable bonds is 4. The van der Waals surface area contributed by atoms with Crippen LogP contribution in [0.15, 0.2) is 207 Å². The number of benzene rings is 8. The van der Waals surface area contributed by atoms with Crippen molar-refractivity contribution in [1.82, 2.24) is 9.97 Å². The lowest BCUT2D eigenvalue weighted by atomic mass is 9.86. The van der Waals surface area contributed by atoms with Gasteiger partial charge in [-0.25, -0.2) is 9.97 Å². The molecule has 6 nitrogen and oxygen atoms in total. The number of aromatic nitrogens is 2. The largest absolute Gasteiger partial charge is 0.485 e. The quantitative estimate of drug-likeness (QED) is 0.164. The van der Waals surface area contributed by atoms with Gasteiger partial charge >= 0.3 is 0 Å². The van der Waals surface area contributed by atoms with Crippen LogP contribution in [0.3, 0.4) is 0 Å². The van der Waals surface area contributed by atoms with Crippen LogP contribution in [0.1, 0.15) is 17.2 Å². The van der Waals surface area contributed by atoms with Crippen LogP contribution in [-0.2, 0) is 0 Å². The summed E-state index contributed by atoms with van der Waals surface area (Å²) in [7, 11) is 0. The van der Waals surface area contributed by atoms with Gasteiger partial charge in [0.2, 0.25) is 0 Å². The van der Waals surface area contributed by atoms with Crippen molar-refractivity contribution in [3.8, 4) is 39.3 Å². The Morgan fingerprint density at radius 2 is 0.864 bits per heavy atom. The first-order valence-corrected chi connectivity index (χ1v) is 22.3. The van der Waals surface area contributed by atoms with Crippen molar-refractivity contribution in [2.45, 2.75) is 12.0 Å². The molecule has 0 fully saturated rings. The summed E-state index contributed by atoms with van der Waals surface area (Å²) in [4.78, 5) is 11.4. The standard InChI is InChI=1S/C60H34N2O4/c1-5-13-49-39(9-1)45-27-33(19-23-53(45)63-49)43-29-37-17-18-38-30-44(34-20-24-54-46(28-34)40-10-2-6-14-50(40)64-54)58(36-22-26-56-48(32-36)42-12-4-8-16-52(42)66-56)62-60(38)59(37)61-57(43)35-21-25-55-47(31-35)41-11-3-7-15-51(41)65-55/h1-32,47,55H. The van der Waals surface area contributed by atoms with E-state index in [1.807, 2.05) is 42.5 Å². The molecule has 6 heterocycles. The second-order valence-corrected chi connectivity index (χ2v) is 17.5. The van der Waals surface area contributed by atoms with E-state index >= 15 is 0 Å². The molecular formula is C60H34N2O4. The number of ether oxygens (including phenoxy) is 1. The van der Waals surface area contributed by atoms with Crippen LogP contribution >= 0.6 is 0 Å². The van der Waals surface area contributed by atoms with Gasteiger partial charge in [0.05, 0.1) is 22.4 Å². The molecule has 13 aromatic rings. The minimum atomic E-state index is -0.0730. The van der Waals surface area contributed by atoms with Crippen molar-refractivity contribution >= 4 is 93.2 Å². The average molecular weight is 847 g/mol. The van der Waals surface area contributed by atoms with Crippen molar-refractivity contribution in [2.75, 3.05) is 0 Å². The number of hydrogen-bond donors (Lipinski definition) is 0. The van der Waals surface area contributed by atoms with E-state index in [1.54, 1.807) is 0 Å². The lowest BCUT2D eigenvalue weighted by molar-refractivity contribution is 0.269. The normalized spacial score (nSPS) is 15.7. The molecule has 1 aliphatic carbocycles. The van der Waals surface area contributed by atoms with E-state index in [9.17, 15) is 0 Å². The molecule has 66 heavy (non-hydrogen) atoms. The molecule has 5 aromatic heterocycles. The maximum absolute atomic E-state index is 6.42. The molecule has 2 atom stereocenters. The van der Waals surface area contributed by atoms with Gasteiger partial charge in [-0.1, -0.05) is 109 Å². The molecule has 308 valence electrons. The highest BCUT2D eigenvalue weighted by molar-refractivity contribution is 6.12. The summed E-state index contributed by atoms with van der Waals surface area (Å²) in [5, 5.41) is 8.42. The SMILES string of the molecule is C1=CC2Oc3ccccc3C2C=C1c1nc2c(ccc3cc(-c4ccc5oc6ccccc6c5c4)c(-c4ccc5oc6ccccc6c5c4)nc32)cc1-c1ccc2oc3ccccc3c2c1. The van der Waals surface area contributed by atoms with E-state index < -0.39 is 0 Å². The summed E-state index contributed by atoms with van der Waals surface area (Å²) < 4.78 is 25.3. The Hall–Kier alpha value is -8.74. The molecule has 2 unspecified atom stereocenters. The first-order valence-electron chi connectivity index (χ1n) is 22.3. The Kier molecular flexibility index (Phi) is 7.24. The van der Waals surface area contributed by atoms with Gasteiger partial charge in [0.1, 0.15) is 45.4 Å². The van der Waals surface area contributed by atoms with Crippen LogP contribution in [0.2, 0.25) is 0 Å². The molecule has 2 aliphatic rings. The van der Waals surface area contributed by atoms with Crippen molar-refractivity contribution in [2.24, 2.45) is 0 Å². The zero-order valence-electron chi connectivity index (χ0n) is 35.2. The molecule has 0 saturated heterocycles. The minimum Gasteiger partial charge on any atom is -0.485 e. The third-order valence-electron chi connectivity index (χ3n) is 13.8. The second-order valence-electron chi connectivity index (χ2n) is 17.5. The number of nitrogens with zero attached hydrogens (tertiary/aromatic N) is 2. The molecule has 0 spiro atoms. The molecule has 1 aliphatic heterocycles. The van der Waals surface area contributed by atoms with E-state index in [2.05, 4.69) is 152 Å². The highest BCUT2D eigenvalue weighted by Gasteiger charge is 2.34. The highest BCUT2D eigenvalue weighted by atomic mass is 16.5. The summed E-state index contributed by atoms with van der Waals surface area (Å²) in [6.07, 6.45) is 6.63. The predicted molar refractivity (Wildman–Crippen MR) is 266 cm³/mol. The summed E-state index contributed by atoms with van der Waals surface area (Å²) >= 11 is 0. The molecule has 0 saturated carbocycles. The van der Waals surface area contributed by atoms with Crippen molar-refractivity contribution in [3.63, 3.8) is 0 Å². The number of allylic oxidation sites excluding steroid dienone is 2. The first kappa shape index (κ1) is 35.7. The van der Waals surface area contributed by atoms with E-state index in [0.717, 1.165) is 138 Å². The number of para-hydroxylation sites is 4. The third kappa shape index (κ3) is 5.24. The van der Waals surface area contributed by atoms with E-state index in [1.165, 1.54) is 5.56 Å². The lowest BCUT2D eigenvalue weighted by Crippen LogP contribution is -2.17. The van der Waals surface area contributed by atoms with Crippen LogP contribution in [0.5, 0.6) is 5.75 Å². The van der Waals surface area contributed by atoms with Gasteiger partial charge in [-0.15, -0.1) is 0 Å². The van der Waals surface area contributed by atoms with Crippen LogP contribution in [-0.4, -0.2) is 16.1 Å². The molecule has 0 radical (unpaired) electrons. The Morgan fingerprint density at radius 1 is 0.394 bits per heavy atom. The van der Waals surface area contributed by atoms with Crippen molar-refractivity contribution in [1.29, 1.82) is 0 Å². The monoisotopic (exact) mass is 846 g/mol. The maximum atomic E-state index is 6.42. The van der Waals surface area contributed by atoms with E-state index in [4.69, 9.17) is 28.0 Å². The van der Waals surface area contributed by atoms with Gasteiger partial charge in [-0.3, -0.25) is 0 Å². The molecule has 0 bridgehead atoms. The zero-order chi connectivity index (χ0) is 43.0. The topological polar surface area (TPSA) is 74.4 Å². The maximum Gasteiger partial charge on any atom is 0.135 e. The summed E-state index contributed by atoms with van der Waals surface area (Å²) in [5.74, 6) is 0.990. The van der Waals surface area contributed by atoms with Gasteiger partial charge in [0.25, 0.3) is 0 Å². The highest BCUT2D eigenvalue weighted by Crippen LogP contribution is 2.46. The van der Waals surface area contributed by atoms with Crippen molar-refractivity contribution < 1.29 is 18.0 Å². The Bertz CT molecular complexity index is 4300. The molecule has 0 amide bonds. The van der Waals surface area contributed by atoms with E-state index in [-0.39, 0.29) is 12.0 Å². The minimum absolute atomic E-state index is 0.0604. The first-order chi connectivity index (χ1) is 32.6.